The Bertz CT molecular complexity index is 334. The monoisotopic (exact) mass is 242 g/mol. The first-order valence-corrected chi connectivity index (χ1v) is 8.79. The summed E-state index contributed by atoms with van der Waals surface area (Å²) >= 11 is 6.48. The molecular weight excluding hydrogens is 224 g/mol. The van der Waals surface area contributed by atoms with Crippen molar-refractivity contribution in [2.24, 2.45) is 0 Å². The molecule has 1 aromatic carbocycles. The standard InChI is InChI=1S/C12H19ClOSi/c1-5-15(13,6-2)14-12-9-10(3)7-8-11(12)4/h7-9H,5-6H2,1-4H3. The van der Waals surface area contributed by atoms with Crippen LogP contribution in [0.15, 0.2) is 18.2 Å². The molecule has 0 aliphatic heterocycles. The quantitative estimate of drug-likeness (QED) is 0.562. The Morgan fingerprint density at radius 2 is 1.80 bits per heavy atom. The van der Waals surface area contributed by atoms with Crippen LogP contribution in [0.2, 0.25) is 12.1 Å². The van der Waals surface area contributed by atoms with Crippen LogP contribution in [-0.4, -0.2) is 7.63 Å². The van der Waals surface area contributed by atoms with Gasteiger partial charge in [0.1, 0.15) is 5.75 Å². The molecule has 0 saturated carbocycles. The molecule has 0 fully saturated rings. The van der Waals surface area contributed by atoms with Crippen LogP contribution < -0.4 is 4.43 Å². The number of hydrogen-bond donors (Lipinski definition) is 0. The summed E-state index contributed by atoms with van der Waals surface area (Å²) in [6.45, 7) is 8.34. The molecule has 0 heterocycles. The van der Waals surface area contributed by atoms with Crippen molar-refractivity contribution < 1.29 is 4.43 Å². The minimum absolute atomic E-state index is 0.943. The van der Waals surface area contributed by atoms with E-state index in [0.717, 1.165) is 17.8 Å². The Hall–Kier alpha value is -0.473. The molecule has 1 aromatic rings. The number of aryl methyl sites for hydroxylation is 2. The molecule has 0 unspecified atom stereocenters. The van der Waals surface area contributed by atoms with Gasteiger partial charge < -0.3 is 4.43 Å². The Labute approximate surface area is 98.2 Å². The van der Waals surface area contributed by atoms with E-state index in [1.807, 2.05) is 0 Å². The van der Waals surface area contributed by atoms with Crippen LogP contribution in [-0.2, 0) is 0 Å². The first-order chi connectivity index (χ1) is 7.00. The molecule has 0 aromatic heterocycles. The maximum absolute atomic E-state index is 6.48. The van der Waals surface area contributed by atoms with Crippen LogP contribution in [0.25, 0.3) is 0 Å². The van der Waals surface area contributed by atoms with Gasteiger partial charge in [0, 0.05) is 0 Å². The van der Waals surface area contributed by atoms with Crippen LogP contribution in [0, 0.1) is 13.8 Å². The lowest BCUT2D eigenvalue weighted by Gasteiger charge is -2.24. The van der Waals surface area contributed by atoms with Gasteiger partial charge in [0.2, 0.25) is 0 Å². The summed E-state index contributed by atoms with van der Waals surface area (Å²) < 4.78 is 6.02. The van der Waals surface area contributed by atoms with E-state index in [0.29, 0.717) is 0 Å². The fraction of sp³-hybridized carbons (Fsp3) is 0.500. The summed E-state index contributed by atoms with van der Waals surface area (Å²) in [6.07, 6.45) is 0. The van der Waals surface area contributed by atoms with E-state index in [2.05, 4.69) is 45.9 Å². The maximum atomic E-state index is 6.48. The largest absolute Gasteiger partial charge is 0.529 e. The summed E-state index contributed by atoms with van der Waals surface area (Å²) in [7, 11) is -2.02. The van der Waals surface area contributed by atoms with Gasteiger partial charge in [-0.2, -0.15) is 0 Å². The van der Waals surface area contributed by atoms with Gasteiger partial charge in [0.05, 0.1) is 0 Å². The van der Waals surface area contributed by atoms with Crippen molar-refractivity contribution in [2.45, 2.75) is 39.8 Å². The van der Waals surface area contributed by atoms with Crippen molar-refractivity contribution in [1.29, 1.82) is 0 Å². The summed E-state index contributed by atoms with van der Waals surface area (Å²) in [6, 6.07) is 8.14. The third-order valence-corrected chi connectivity index (χ3v) is 7.23. The molecule has 1 rings (SSSR count). The molecule has 0 atom stereocenters. The van der Waals surface area contributed by atoms with Crippen molar-refractivity contribution in [3.63, 3.8) is 0 Å². The molecule has 0 spiro atoms. The molecule has 84 valence electrons. The number of hydrogen-bond acceptors (Lipinski definition) is 1. The lowest BCUT2D eigenvalue weighted by Crippen LogP contribution is -2.33. The molecule has 0 amide bonds. The SMILES string of the molecule is CC[Si](Cl)(CC)Oc1cc(C)ccc1C. The zero-order chi connectivity index (χ0) is 11.5. The molecule has 0 aliphatic carbocycles. The second kappa shape index (κ2) is 5.04. The third-order valence-electron chi connectivity index (χ3n) is 2.69. The van der Waals surface area contributed by atoms with Crippen molar-refractivity contribution in [2.75, 3.05) is 0 Å². The van der Waals surface area contributed by atoms with E-state index in [4.69, 9.17) is 15.5 Å². The average Bonchev–Trinajstić information content (AvgIpc) is 2.23. The lowest BCUT2D eigenvalue weighted by molar-refractivity contribution is 0.551. The van der Waals surface area contributed by atoms with Crippen LogP contribution in [0.1, 0.15) is 25.0 Å². The minimum atomic E-state index is -2.02. The second-order valence-corrected chi connectivity index (χ2v) is 9.41. The maximum Gasteiger partial charge on any atom is 0.347 e. The first-order valence-electron chi connectivity index (χ1n) is 5.46. The number of benzene rings is 1. The Morgan fingerprint density at radius 3 is 2.33 bits per heavy atom. The Balaban J connectivity index is 2.92. The lowest BCUT2D eigenvalue weighted by atomic mass is 10.1. The smallest absolute Gasteiger partial charge is 0.347 e. The highest BCUT2D eigenvalue weighted by molar-refractivity contribution is 7.17. The number of halogens is 1. The predicted molar refractivity (Wildman–Crippen MR) is 69.1 cm³/mol. The molecule has 0 saturated heterocycles. The highest BCUT2D eigenvalue weighted by atomic mass is 35.6. The van der Waals surface area contributed by atoms with Gasteiger partial charge in [-0.05, 0) is 43.1 Å². The molecule has 15 heavy (non-hydrogen) atoms. The topological polar surface area (TPSA) is 9.23 Å². The van der Waals surface area contributed by atoms with Crippen LogP contribution >= 0.6 is 11.1 Å². The molecule has 3 heteroatoms. The highest BCUT2D eigenvalue weighted by Gasteiger charge is 2.30. The van der Waals surface area contributed by atoms with Crippen LogP contribution in [0.3, 0.4) is 0 Å². The summed E-state index contributed by atoms with van der Waals surface area (Å²) in [5.41, 5.74) is 2.39. The molecule has 0 radical (unpaired) electrons. The van der Waals surface area contributed by atoms with Gasteiger partial charge in [-0.1, -0.05) is 26.0 Å². The van der Waals surface area contributed by atoms with Gasteiger partial charge >= 0.3 is 7.63 Å². The van der Waals surface area contributed by atoms with Gasteiger partial charge in [0.15, 0.2) is 0 Å². The van der Waals surface area contributed by atoms with Gasteiger partial charge in [-0.15, -0.1) is 11.1 Å². The molecule has 1 nitrogen and oxygen atoms in total. The molecule has 0 N–H and O–H groups in total. The zero-order valence-electron chi connectivity index (χ0n) is 9.93. The summed E-state index contributed by atoms with van der Waals surface area (Å²) in [5.74, 6) is 0.959. The summed E-state index contributed by atoms with van der Waals surface area (Å²) in [5, 5.41) is 0. The summed E-state index contributed by atoms with van der Waals surface area (Å²) in [4.78, 5) is 0. The normalized spacial score (nSPS) is 11.5. The number of rotatable bonds is 4. The Morgan fingerprint density at radius 1 is 1.20 bits per heavy atom. The fourth-order valence-electron chi connectivity index (χ4n) is 1.41. The minimum Gasteiger partial charge on any atom is -0.529 e. The van der Waals surface area contributed by atoms with E-state index in [1.54, 1.807) is 0 Å². The van der Waals surface area contributed by atoms with Gasteiger partial charge in [0.25, 0.3) is 0 Å². The van der Waals surface area contributed by atoms with Crippen molar-refractivity contribution in [3.05, 3.63) is 29.3 Å². The van der Waals surface area contributed by atoms with E-state index in [-0.39, 0.29) is 0 Å². The van der Waals surface area contributed by atoms with E-state index < -0.39 is 7.63 Å². The van der Waals surface area contributed by atoms with Crippen molar-refractivity contribution in [1.82, 2.24) is 0 Å². The second-order valence-electron chi connectivity index (χ2n) is 3.96. The fourth-order valence-corrected chi connectivity index (χ4v) is 3.06. The van der Waals surface area contributed by atoms with Gasteiger partial charge in [-0.3, -0.25) is 0 Å². The molecular formula is C12H19ClOSi. The third kappa shape index (κ3) is 3.25. The van der Waals surface area contributed by atoms with E-state index in [9.17, 15) is 0 Å². The van der Waals surface area contributed by atoms with Crippen LogP contribution in [0.5, 0.6) is 5.75 Å². The highest BCUT2D eigenvalue weighted by Crippen LogP contribution is 2.28. The average molecular weight is 243 g/mol. The molecule has 0 aliphatic rings. The van der Waals surface area contributed by atoms with Crippen LogP contribution in [0.4, 0.5) is 0 Å². The zero-order valence-corrected chi connectivity index (χ0v) is 11.7. The Kier molecular flexibility index (Phi) is 4.23. The molecule has 0 bridgehead atoms. The van der Waals surface area contributed by atoms with Crippen molar-refractivity contribution >= 4 is 18.7 Å². The van der Waals surface area contributed by atoms with E-state index >= 15 is 0 Å². The first kappa shape index (κ1) is 12.6. The van der Waals surface area contributed by atoms with Gasteiger partial charge in [-0.25, -0.2) is 0 Å². The van der Waals surface area contributed by atoms with Crippen molar-refractivity contribution in [3.8, 4) is 5.75 Å². The van der Waals surface area contributed by atoms with E-state index in [1.165, 1.54) is 11.1 Å². The predicted octanol–water partition coefficient (Wildman–Crippen LogP) is 4.40.